The van der Waals surface area contributed by atoms with Crippen LogP contribution in [0.5, 0.6) is 0 Å². The van der Waals surface area contributed by atoms with E-state index in [1.54, 1.807) is 0 Å². The zero-order valence-corrected chi connectivity index (χ0v) is 10.7. The van der Waals surface area contributed by atoms with Crippen LogP contribution in [-0.4, -0.2) is 29.2 Å². The maximum absolute atomic E-state index is 10.8. The van der Waals surface area contributed by atoms with Gasteiger partial charge in [0.05, 0.1) is 0 Å². The largest absolute Gasteiger partial charge is 0.465 e. The highest BCUT2D eigenvalue weighted by Crippen LogP contribution is 2.27. The van der Waals surface area contributed by atoms with Gasteiger partial charge in [-0.2, -0.15) is 0 Å². The summed E-state index contributed by atoms with van der Waals surface area (Å²) in [6, 6.07) is 5.65. The zero-order chi connectivity index (χ0) is 13.1. The molecule has 0 saturated heterocycles. The molecular weight excluding hydrogens is 252 g/mol. The monoisotopic (exact) mass is 266 g/mol. The van der Waals surface area contributed by atoms with Gasteiger partial charge in [-0.1, -0.05) is 23.7 Å². The molecule has 1 heterocycles. The topological polar surface area (TPSA) is 66.6 Å². The third-order valence-corrected chi connectivity index (χ3v) is 3.35. The fourth-order valence-corrected chi connectivity index (χ4v) is 2.33. The highest BCUT2D eigenvalue weighted by Gasteiger charge is 2.17. The van der Waals surface area contributed by atoms with Crippen LogP contribution in [0.4, 0.5) is 4.79 Å². The van der Waals surface area contributed by atoms with E-state index in [-0.39, 0.29) is 0 Å². The fraction of sp³-hybridized carbons (Fsp3) is 0.308. The first-order valence-electron chi connectivity index (χ1n) is 5.77. The molecule has 18 heavy (non-hydrogen) atoms. The number of benzene rings is 1. The molecule has 0 fully saturated rings. The summed E-state index contributed by atoms with van der Waals surface area (Å²) in [4.78, 5) is 12.2. The summed E-state index contributed by atoms with van der Waals surface area (Å²) < 4.78 is 0. The van der Waals surface area contributed by atoms with Crippen molar-refractivity contribution in [1.82, 2.24) is 4.90 Å². The Morgan fingerprint density at radius 2 is 2.28 bits per heavy atom. The Morgan fingerprint density at radius 3 is 2.83 bits per heavy atom. The molecule has 0 saturated carbocycles. The number of nitrogens with zero attached hydrogens (tertiary/aromatic N) is 1. The Hall–Kier alpha value is -1.52. The molecule has 1 amide bonds. The van der Waals surface area contributed by atoms with Gasteiger partial charge in [0.25, 0.3) is 0 Å². The van der Waals surface area contributed by atoms with Crippen LogP contribution in [0.3, 0.4) is 0 Å². The number of nitrogens with two attached hydrogens (primary N) is 1. The van der Waals surface area contributed by atoms with Gasteiger partial charge in [-0.05, 0) is 35.3 Å². The highest BCUT2D eigenvalue weighted by atomic mass is 35.5. The van der Waals surface area contributed by atoms with Crippen LogP contribution in [0.25, 0.3) is 5.57 Å². The van der Waals surface area contributed by atoms with Gasteiger partial charge < -0.3 is 15.7 Å². The number of hydrogen-bond acceptors (Lipinski definition) is 2. The molecule has 3 N–H and O–H groups in total. The third-order valence-electron chi connectivity index (χ3n) is 3.11. The number of rotatable bonds is 2. The molecule has 2 rings (SSSR count). The molecule has 0 radical (unpaired) electrons. The van der Waals surface area contributed by atoms with Crippen molar-refractivity contribution in [3.63, 3.8) is 0 Å². The number of carboxylic acid groups (broad SMARTS) is 1. The second-order valence-corrected chi connectivity index (χ2v) is 4.65. The second kappa shape index (κ2) is 5.42. The molecular formula is C13H15ClN2O2. The molecule has 1 aromatic rings. The van der Waals surface area contributed by atoms with Gasteiger partial charge in [0.2, 0.25) is 0 Å². The predicted octanol–water partition coefficient (Wildman–Crippen LogP) is 2.57. The van der Waals surface area contributed by atoms with Crippen LogP contribution in [0.15, 0.2) is 24.3 Å². The maximum atomic E-state index is 10.8. The number of carbonyl (C=O) groups is 1. The summed E-state index contributed by atoms with van der Waals surface area (Å²) in [5.74, 6) is 0. The van der Waals surface area contributed by atoms with E-state index >= 15 is 0 Å². The van der Waals surface area contributed by atoms with Crippen molar-refractivity contribution in [3.8, 4) is 0 Å². The van der Waals surface area contributed by atoms with Crippen molar-refractivity contribution in [1.29, 1.82) is 0 Å². The molecule has 4 nitrogen and oxygen atoms in total. The van der Waals surface area contributed by atoms with Crippen molar-refractivity contribution in [2.75, 3.05) is 13.1 Å². The van der Waals surface area contributed by atoms with Crippen molar-refractivity contribution < 1.29 is 9.90 Å². The van der Waals surface area contributed by atoms with Gasteiger partial charge >= 0.3 is 6.09 Å². The molecule has 0 aliphatic carbocycles. The van der Waals surface area contributed by atoms with E-state index in [4.69, 9.17) is 22.4 Å². The van der Waals surface area contributed by atoms with E-state index in [1.165, 1.54) is 4.90 Å². The standard InChI is InChI=1S/C13H15ClN2O2/c14-11-1-2-12(10(7-11)8-15)9-3-5-16(6-4-9)13(17)18/h1-3,7H,4-6,8,15H2,(H,17,18). The maximum Gasteiger partial charge on any atom is 0.407 e. The molecule has 0 bridgehead atoms. The Labute approximate surface area is 111 Å². The lowest BCUT2D eigenvalue weighted by molar-refractivity contribution is 0.150. The average molecular weight is 267 g/mol. The summed E-state index contributed by atoms with van der Waals surface area (Å²) in [6.45, 7) is 1.38. The van der Waals surface area contributed by atoms with E-state index in [1.807, 2.05) is 24.3 Å². The summed E-state index contributed by atoms with van der Waals surface area (Å²) in [6.07, 6.45) is 1.78. The number of halogens is 1. The van der Waals surface area contributed by atoms with Crippen molar-refractivity contribution in [2.45, 2.75) is 13.0 Å². The minimum atomic E-state index is -0.875. The Kier molecular flexibility index (Phi) is 3.89. The lowest BCUT2D eigenvalue weighted by atomic mass is 9.95. The lowest BCUT2D eigenvalue weighted by Crippen LogP contribution is -2.33. The van der Waals surface area contributed by atoms with Crippen LogP contribution >= 0.6 is 11.6 Å². The van der Waals surface area contributed by atoms with E-state index in [9.17, 15) is 4.79 Å². The molecule has 5 heteroatoms. The van der Waals surface area contributed by atoms with Crippen LogP contribution in [0, 0.1) is 0 Å². The average Bonchev–Trinajstić information content (AvgIpc) is 2.38. The highest BCUT2D eigenvalue weighted by molar-refractivity contribution is 6.30. The number of amides is 1. The van der Waals surface area contributed by atoms with Gasteiger partial charge in [0, 0.05) is 24.7 Å². The molecule has 0 aromatic heterocycles. The Bertz CT molecular complexity index is 500. The van der Waals surface area contributed by atoms with Crippen LogP contribution in [0.2, 0.25) is 5.02 Å². The van der Waals surface area contributed by atoms with Gasteiger partial charge in [0.1, 0.15) is 0 Å². The van der Waals surface area contributed by atoms with E-state index < -0.39 is 6.09 Å². The van der Waals surface area contributed by atoms with E-state index in [2.05, 4.69) is 0 Å². The summed E-state index contributed by atoms with van der Waals surface area (Å²) in [5, 5.41) is 9.56. The van der Waals surface area contributed by atoms with Gasteiger partial charge in [0.15, 0.2) is 0 Å². The quantitative estimate of drug-likeness (QED) is 0.865. The molecule has 1 aliphatic heterocycles. The van der Waals surface area contributed by atoms with Gasteiger partial charge in [-0.3, -0.25) is 0 Å². The molecule has 0 unspecified atom stereocenters. The van der Waals surface area contributed by atoms with Crippen molar-refractivity contribution in [2.24, 2.45) is 5.73 Å². The molecule has 1 aliphatic rings. The first kappa shape index (κ1) is 12.9. The predicted molar refractivity (Wildman–Crippen MR) is 71.5 cm³/mol. The fourth-order valence-electron chi connectivity index (χ4n) is 2.13. The Morgan fingerprint density at radius 1 is 1.50 bits per heavy atom. The Balaban J connectivity index is 2.25. The van der Waals surface area contributed by atoms with Crippen LogP contribution < -0.4 is 5.73 Å². The molecule has 0 atom stereocenters. The lowest BCUT2D eigenvalue weighted by Gasteiger charge is -2.24. The van der Waals surface area contributed by atoms with Crippen molar-refractivity contribution >= 4 is 23.3 Å². The zero-order valence-electron chi connectivity index (χ0n) is 9.90. The SMILES string of the molecule is NCc1cc(Cl)ccc1C1=CCN(C(=O)O)CC1. The third kappa shape index (κ3) is 2.66. The number of hydrogen-bond donors (Lipinski definition) is 2. The van der Waals surface area contributed by atoms with Gasteiger partial charge in [-0.15, -0.1) is 0 Å². The minimum absolute atomic E-state index is 0.426. The van der Waals surface area contributed by atoms with E-state index in [0.717, 1.165) is 16.7 Å². The van der Waals surface area contributed by atoms with Crippen LogP contribution in [0.1, 0.15) is 17.5 Å². The summed E-state index contributed by atoms with van der Waals surface area (Å²) in [7, 11) is 0. The summed E-state index contributed by atoms with van der Waals surface area (Å²) in [5.41, 5.74) is 8.93. The molecule has 0 spiro atoms. The van der Waals surface area contributed by atoms with Crippen molar-refractivity contribution in [3.05, 3.63) is 40.4 Å². The molecule has 1 aromatic carbocycles. The minimum Gasteiger partial charge on any atom is -0.465 e. The smallest absolute Gasteiger partial charge is 0.407 e. The van der Waals surface area contributed by atoms with Gasteiger partial charge in [-0.25, -0.2) is 4.79 Å². The molecule has 96 valence electrons. The second-order valence-electron chi connectivity index (χ2n) is 4.21. The van der Waals surface area contributed by atoms with Crippen LogP contribution in [-0.2, 0) is 6.54 Å². The first-order chi connectivity index (χ1) is 8.61. The first-order valence-corrected chi connectivity index (χ1v) is 6.15. The normalized spacial score (nSPS) is 15.4. The summed E-state index contributed by atoms with van der Waals surface area (Å²) >= 11 is 5.94. The van der Waals surface area contributed by atoms with E-state index in [0.29, 0.717) is 31.1 Å².